The maximum absolute atomic E-state index is 12.5. The zero-order chi connectivity index (χ0) is 26.1. The van der Waals surface area contributed by atoms with Crippen LogP contribution in [0.15, 0.2) is 42.6 Å². The lowest BCUT2D eigenvalue weighted by Crippen LogP contribution is -2.32. The lowest BCUT2D eigenvalue weighted by Gasteiger charge is -2.20. The van der Waals surface area contributed by atoms with Crippen molar-refractivity contribution in [2.45, 2.75) is 58.7 Å². The number of unbranched alkanes of at least 4 members (excludes halogenated alkanes) is 2. The molecule has 0 radical (unpaired) electrons. The van der Waals surface area contributed by atoms with Gasteiger partial charge in [-0.1, -0.05) is 37.6 Å². The summed E-state index contributed by atoms with van der Waals surface area (Å²) in [6.45, 7) is 4.18. The van der Waals surface area contributed by atoms with Gasteiger partial charge < -0.3 is 15.7 Å². The first-order chi connectivity index (χ1) is 17.3. The Morgan fingerprint density at radius 2 is 1.69 bits per heavy atom. The highest BCUT2D eigenvalue weighted by Gasteiger charge is 2.23. The van der Waals surface area contributed by atoms with E-state index in [1.807, 2.05) is 13.8 Å². The number of aliphatic hydroxyl groups is 1. The summed E-state index contributed by atoms with van der Waals surface area (Å²) in [5.74, 6) is -0.930. The number of amides is 4. The minimum absolute atomic E-state index is 0.0367. The summed E-state index contributed by atoms with van der Waals surface area (Å²) in [4.78, 5) is 49.2. The number of hydrogen-bond donors (Lipinski definition) is 3. The van der Waals surface area contributed by atoms with E-state index in [0.29, 0.717) is 43.6 Å². The van der Waals surface area contributed by atoms with Gasteiger partial charge in [0.15, 0.2) is 0 Å². The van der Waals surface area contributed by atoms with Crippen LogP contribution in [0.2, 0.25) is 0 Å². The van der Waals surface area contributed by atoms with Crippen LogP contribution in [0.5, 0.6) is 0 Å². The summed E-state index contributed by atoms with van der Waals surface area (Å²) in [6, 6.07) is 6.52. The molecule has 0 aliphatic carbocycles. The summed E-state index contributed by atoms with van der Waals surface area (Å²) < 4.78 is 1.42. The third kappa shape index (κ3) is 7.57. The van der Waals surface area contributed by atoms with Crippen LogP contribution >= 0.6 is 0 Å². The number of anilines is 1. The SMILES string of the molecule is CC(C)C(NC(=O)CCCCCN1C(=O)C=CC1=O)c1cn(CC(=O)Nc2ccc(CO)cc2)nn1. The molecular formula is C25H32N6O5. The Morgan fingerprint density at radius 1 is 1.00 bits per heavy atom. The van der Waals surface area contributed by atoms with Gasteiger partial charge >= 0.3 is 0 Å². The fraction of sp³-hybridized carbons (Fsp3) is 0.440. The molecule has 1 aromatic heterocycles. The molecule has 0 saturated carbocycles. The molecule has 3 rings (SSSR count). The normalized spacial score (nSPS) is 13.9. The van der Waals surface area contributed by atoms with E-state index < -0.39 is 0 Å². The van der Waals surface area contributed by atoms with Gasteiger partial charge in [-0.05, 0) is 36.5 Å². The predicted molar refractivity (Wildman–Crippen MR) is 131 cm³/mol. The van der Waals surface area contributed by atoms with Crippen LogP contribution in [0.1, 0.15) is 56.8 Å². The third-order valence-electron chi connectivity index (χ3n) is 5.77. The van der Waals surface area contributed by atoms with E-state index in [9.17, 15) is 19.2 Å². The minimum Gasteiger partial charge on any atom is -0.392 e. The number of nitrogens with one attached hydrogen (secondary N) is 2. The summed E-state index contributed by atoms with van der Waals surface area (Å²) in [7, 11) is 0. The Kier molecular flexibility index (Phi) is 9.46. The topological polar surface area (TPSA) is 147 Å². The van der Waals surface area contributed by atoms with E-state index in [4.69, 9.17) is 5.11 Å². The van der Waals surface area contributed by atoms with Gasteiger partial charge in [-0.3, -0.25) is 24.1 Å². The zero-order valence-electron chi connectivity index (χ0n) is 20.5. The molecule has 1 aliphatic heterocycles. The van der Waals surface area contributed by atoms with Crippen molar-refractivity contribution in [3.05, 3.63) is 53.9 Å². The van der Waals surface area contributed by atoms with Gasteiger partial charge in [0, 0.05) is 30.8 Å². The van der Waals surface area contributed by atoms with Gasteiger partial charge in [0.05, 0.1) is 18.8 Å². The number of benzene rings is 1. The number of aliphatic hydroxyl groups excluding tert-OH is 1. The Labute approximate surface area is 209 Å². The molecule has 0 spiro atoms. The molecule has 0 bridgehead atoms. The smallest absolute Gasteiger partial charge is 0.253 e. The van der Waals surface area contributed by atoms with Crippen molar-refractivity contribution in [2.24, 2.45) is 5.92 Å². The van der Waals surface area contributed by atoms with Gasteiger partial charge in [-0.15, -0.1) is 5.10 Å². The van der Waals surface area contributed by atoms with Crippen LogP contribution < -0.4 is 10.6 Å². The fourth-order valence-electron chi connectivity index (χ4n) is 3.79. The standard InChI is InChI=1S/C25H32N6O5/c1-17(2)25(27-21(33)6-4-3-5-13-31-23(35)11-12-24(31)36)20-14-30(29-28-20)15-22(34)26-19-9-7-18(16-32)8-10-19/h7-12,14,17,25,32H,3-6,13,15-16H2,1-2H3,(H,26,34)(H,27,33). The molecule has 1 atom stereocenters. The zero-order valence-corrected chi connectivity index (χ0v) is 20.5. The fourth-order valence-corrected chi connectivity index (χ4v) is 3.79. The van der Waals surface area contributed by atoms with Crippen LogP contribution in [-0.2, 0) is 32.3 Å². The number of hydrogen-bond acceptors (Lipinski definition) is 7. The van der Waals surface area contributed by atoms with Crippen molar-refractivity contribution in [3.63, 3.8) is 0 Å². The molecule has 1 aromatic carbocycles. The second-order valence-electron chi connectivity index (χ2n) is 9.01. The monoisotopic (exact) mass is 496 g/mol. The largest absolute Gasteiger partial charge is 0.392 e. The van der Waals surface area contributed by atoms with Gasteiger partial charge in [0.2, 0.25) is 11.8 Å². The van der Waals surface area contributed by atoms with Crippen molar-refractivity contribution in [1.29, 1.82) is 0 Å². The summed E-state index contributed by atoms with van der Waals surface area (Å²) >= 11 is 0. The average molecular weight is 497 g/mol. The second kappa shape index (κ2) is 12.7. The molecule has 2 heterocycles. The quantitative estimate of drug-likeness (QED) is 0.283. The van der Waals surface area contributed by atoms with Gasteiger partial charge in [-0.25, -0.2) is 4.68 Å². The predicted octanol–water partition coefficient (Wildman–Crippen LogP) is 1.71. The lowest BCUT2D eigenvalue weighted by atomic mass is 10.0. The lowest BCUT2D eigenvalue weighted by molar-refractivity contribution is -0.137. The summed E-state index contributed by atoms with van der Waals surface area (Å²) in [6.07, 6.45) is 6.48. The summed E-state index contributed by atoms with van der Waals surface area (Å²) in [5.41, 5.74) is 1.93. The number of carbonyl (C=O) groups is 4. The number of aromatic nitrogens is 3. The first-order valence-electron chi connectivity index (χ1n) is 12.0. The number of nitrogens with zero attached hydrogens (tertiary/aromatic N) is 4. The maximum atomic E-state index is 12.5. The second-order valence-corrected chi connectivity index (χ2v) is 9.01. The van der Waals surface area contributed by atoms with Crippen LogP contribution in [0.3, 0.4) is 0 Å². The van der Waals surface area contributed by atoms with E-state index in [1.165, 1.54) is 21.7 Å². The van der Waals surface area contributed by atoms with Crippen molar-refractivity contribution >= 4 is 29.3 Å². The van der Waals surface area contributed by atoms with Gasteiger partial charge in [-0.2, -0.15) is 0 Å². The maximum Gasteiger partial charge on any atom is 0.253 e. The van der Waals surface area contributed by atoms with Crippen LogP contribution in [-0.4, -0.2) is 55.2 Å². The minimum atomic E-state index is -0.355. The van der Waals surface area contributed by atoms with Gasteiger partial charge in [0.25, 0.3) is 11.8 Å². The van der Waals surface area contributed by atoms with Crippen LogP contribution in [0.25, 0.3) is 0 Å². The molecular weight excluding hydrogens is 464 g/mol. The molecule has 1 unspecified atom stereocenters. The molecule has 0 saturated heterocycles. The molecule has 11 nitrogen and oxygen atoms in total. The molecule has 36 heavy (non-hydrogen) atoms. The molecule has 2 aromatic rings. The molecule has 4 amide bonds. The van der Waals surface area contributed by atoms with E-state index in [0.717, 1.165) is 5.56 Å². The Bertz CT molecular complexity index is 1090. The van der Waals surface area contributed by atoms with Crippen LogP contribution in [0, 0.1) is 5.92 Å². The number of imide groups is 1. The van der Waals surface area contributed by atoms with E-state index in [1.54, 1.807) is 30.5 Å². The Balaban J connectivity index is 1.43. The first kappa shape index (κ1) is 26.7. The highest BCUT2D eigenvalue weighted by Crippen LogP contribution is 2.20. The molecule has 1 aliphatic rings. The molecule has 192 valence electrons. The molecule has 11 heteroatoms. The third-order valence-corrected chi connectivity index (χ3v) is 5.77. The Morgan fingerprint density at radius 3 is 2.33 bits per heavy atom. The number of rotatable bonds is 13. The van der Waals surface area contributed by atoms with E-state index in [2.05, 4.69) is 20.9 Å². The first-order valence-corrected chi connectivity index (χ1v) is 12.0. The summed E-state index contributed by atoms with van der Waals surface area (Å²) in [5, 5.41) is 23.1. The Hall–Kier alpha value is -3.86. The van der Waals surface area contributed by atoms with Crippen molar-refractivity contribution < 1.29 is 24.3 Å². The average Bonchev–Trinajstić information content (AvgIpc) is 3.43. The highest BCUT2D eigenvalue weighted by atomic mass is 16.3. The highest BCUT2D eigenvalue weighted by molar-refractivity contribution is 6.12. The molecule has 3 N–H and O–H groups in total. The van der Waals surface area contributed by atoms with Crippen molar-refractivity contribution in [3.8, 4) is 0 Å². The van der Waals surface area contributed by atoms with Crippen LogP contribution in [0.4, 0.5) is 5.69 Å². The number of carbonyl (C=O) groups excluding carboxylic acids is 4. The van der Waals surface area contributed by atoms with E-state index in [-0.39, 0.29) is 48.7 Å². The molecule has 0 fully saturated rings. The van der Waals surface area contributed by atoms with Crippen molar-refractivity contribution in [2.75, 3.05) is 11.9 Å². The van der Waals surface area contributed by atoms with Gasteiger partial charge in [0.1, 0.15) is 12.2 Å². The van der Waals surface area contributed by atoms with Crippen molar-refractivity contribution in [1.82, 2.24) is 25.2 Å². The van der Waals surface area contributed by atoms with E-state index >= 15 is 0 Å².